The highest BCUT2D eigenvalue weighted by atomic mass is 127. The van der Waals surface area contributed by atoms with Crippen molar-refractivity contribution in [2.24, 2.45) is 0 Å². The smallest absolute Gasteiger partial charge is 0.339 e. The number of halogens is 1. The highest BCUT2D eigenvalue weighted by Gasteiger charge is 2.23. The number of rotatable bonds is 3. The van der Waals surface area contributed by atoms with E-state index in [0.717, 1.165) is 22.0 Å². The number of carboxylic acids is 1. The molecule has 20 heavy (non-hydrogen) atoms. The summed E-state index contributed by atoms with van der Waals surface area (Å²) in [6.07, 6.45) is 6.27. The van der Waals surface area contributed by atoms with Gasteiger partial charge in [0.2, 0.25) is 0 Å². The number of carboxylic acid groups (broad SMARTS) is 1. The molecule has 0 spiro atoms. The molecule has 3 rings (SSSR count). The normalized spacial score (nSPS) is 15.7. The first-order chi connectivity index (χ1) is 9.65. The summed E-state index contributed by atoms with van der Waals surface area (Å²) >= 11 is 2.23. The highest BCUT2D eigenvalue weighted by molar-refractivity contribution is 14.1. The van der Waals surface area contributed by atoms with E-state index in [1.54, 1.807) is 6.20 Å². The SMILES string of the molecule is O=C(O)c1cn(C2CCCC2)nc1-c1ccc(I)cc1. The maximum absolute atomic E-state index is 11.4. The Balaban J connectivity index is 2.04. The van der Waals surface area contributed by atoms with Crippen LogP contribution in [0.3, 0.4) is 0 Å². The summed E-state index contributed by atoms with van der Waals surface area (Å²) in [4.78, 5) is 11.4. The Morgan fingerprint density at radius 3 is 2.50 bits per heavy atom. The minimum Gasteiger partial charge on any atom is -0.478 e. The second-order valence-corrected chi connectivity index (χ2v) is 6.37. The van der Waals surface area contributed by atoms with Crippen molar-refractivity contribution in [1.82, 2.24) is 9.78 Å². The van der Waals surface area contributed by atoms with Crippen molar-refractivity contribution in [2.45, 2.75) is 31.7 Å². The third-order valence-corrected chi connectivity index (χ3v) is 4.50. The number of hydrogen-bond acceptors (Lipinski definition) is 2. The minimum atomic E-state index is -0.914. The van der Waals surface area contributed by atoms with Crippen LogP contribution in [0, 0.1) is 3.57 Å². The van der Waals surface area contributed by atoms with Crippen molar-refractivity contribution < 1.29 is 9.90 Å². The Hall–Kier alpha value is -1.37. The summed E-state index contributed by atoms with van der Waals surface area (Å²) in [7, 11) is 0. The summed E-state index contributed by atoms with van der Waals surface area (Å²) in [6.45, 7) is 0. The summed E-state index contributed by atoms with van der Waals surface area (Å²) < 4.78 is 2.97. The van der Waals surface area contributed by atoms with Gasteiger partial charge in [0, 0.05) is 15.3 Å². The van der Waals surface area contributed by atoms with Crippen molar-refractivity contribution in [3.8, 4) is 11.3 Å². The zero-order valence-electron chi connectivity index (χ0n) is 10.9. The Bertz CT molecular complexity index is 628. The molecular formula is C15H15IN2O2. The first kappa shape index (κ1) is 13.6. The third kappa shape index (κ3) is 2.59. The van der Waals surface area contributed by atoms with E-state index in [4.69, 9.17) is 0 Å². The van der Waals surface area contributed by atoms with E-state index in [2.05, 4.69) is 27.7 Å². The average molecular weight is 382 g/mol. The fourth-order valence-electron chi connectivity index (χ4n) is 2.72. The van der Waals surface area contributed by atoms with Gasteiger partial charge in [0.1, 0.15) is 11.3 Å². The van der Waals surface area contributed by atoms with Gasteiger partial charge < -0.3 is 5.11 Å². The molecule has 4 nitrogen and oxygen atoms in total. The average Bonchev–Trinajstić information content (AvgIpc) is 3.08. The lowest BCUT2D eigenvalue weighted by Crippen LogP contribution is -2.05. The molecule has 0 saturated heterocycles. The number of aromatic carboxylic acids is 1. The summed E-state index contributed by atoms with van der Waals surface area (Å²) in [5.74, 6) is -0.914. The Kier molecular flexibility index (Phi) is 3.78. The zero-order chi connectivity index (χ0) is 14.1. The maximum Gasteiger partial charge on any atom is 0.339 e. The van der Waals surface area contributed by atoms with Crippen LogP contribution in [0.15, 0.2) is 30.5 Å². The summed E-state index contributed by atoms with van der Waals surface area (Å²) in [5, 5.41) is 13.9. The molecule has 1 fully saturated rings. The molecule has 104 valence electrons. The Morgan fingerprint density at radius 1 is 1.25 bits per heavy atom. The Labute approximate surface area is 130 Å². The van der Waals surface area contributed by atoms with Gasteiger partial charge in [-0.05, 0) is 47.6 Å². The predicted octanol–water partition coefficient (Wildman–Crippen LogP) is 3.97. The largest absolute Gasteiger partial charge is 0.478 e. The second-order valence-electron chi connectivity index (χ2n) is 5.12. The van der Waals surface area contributed by atoms with Crippen LogP contribution in [0.2, 0.25) is 0 Å². The van der Waals surface area contributed by atoms with Gasteiger partial charge in [-0.2, -0.15) is 5.10 Å². The Morgan fingerprint density at radius 2 is 1.90 bits per heavy atom. The van der Waals surface area contributed by atoms with Crippen molar-refractivity contribution in [3.63, 3.8) is 0 Å². The predicted molar refractivity (Wildman–Crippen MR) is 84.8 cm³/mol. The van der Waals surface area contributed by atoms with Gasteiger partial charge in [-0.3, -0.25) is 4.68 Å². The van der Waals surface area contributed by atoms with E-state index >= 15 is 0 Å². The van der Waals surface area contributed by atoms with Crippen molar-refractivity contribution in [2.75, 3.05) is 0 Å². The molecule has 1 heterocycles. The fourth-order valence-corrected chi connectivity index (χ4v) is 3.08. The van der Waals surface area contributed by atoms with Crippen LogP contribution >= 0.6 is 22.6 Å². The van der Waals surface area contributed by atoms with Crippen molar-refractivity contribution >= 4 is 28.6 Å². The zero-order valence-corrected chi connectivity index (χ0v) is 13.1. The van der Waals surface area contributed by atoms with Gasteiger partial charge in [-0.15, -0.1) is 0 Å². The molecule has 1 aromatic carbocycles. The van der Waals surface area contributed by atoms with Crippen LogP contribution < -0.4 is 0 Å². The molecule has 1 aliphatic rings. The lowest BCUT2D eigenvalue weighted by atomic mass is 10.1. The maximum atomic E-state index is 11.4. The van der Waals surface area contributed by atoms with Crippen LogP contribution in [-0.4, -0.2) is 20.9 Å². The molecule has 0 unspecified atom stereocenters. The summed E-state index contributed by atoms with van der Waals surface area (Å²) in [5.41, 5.74) is 1.72. The van der Waals surface area contributed by atoms with E-state index in [9.17, 15) is 9.90 Å². The van der Waals surface area contributed by atoms with Crippen molar-refractivity contribution in [3.05, 3.63) is 39.6 Å². The van der Waals surface area contributed by atoms with Crippen LogP contribution in [0.25, 0.3) is 11.3 Å². The second kappa shape index (κ2) is 5.55. The van der Waals surface area contributed by atoms with E-state index in [-0.39, 0.29) is 5.56 Å². The molecule has 0 amide bonds. The number of aromatic nitrogens is 2. The molecule has 0 bridgehead atoms. The fraction of sp³-hybridized carbons (Fsp3) is 0.333. The van der Waals surface area contributed by atoms with Gasteiger partial charge in [-0.1, -0.05) is 25.0 Å². The lowest BCUT2D eigenvalue weighted by Gasteiger charge is -2.08. The molecule has 0 radical (unpaired) electrons. The number of carbonyl (C=O) groups is 1. The summed E-state index contributed by atoms with van der Waals surface area (Å²) in [6, 6.07) is 8.14. The van der Waals surface area contributed by atoms with Gasteiger partial charge in [-0.25, -0.2) is 4.79 Å². The van der Waals surface area contributed by atoms with Gasteiger partial charge in [0.15, 0.2) is 0 Å². The molecule has 0 aliphatic heterocycles. The lowest BCUT2D eigenvalue weighted by molar-refractivity contribution is 0.0697. The number of nitrogens with zero attached hydrogens (tertiary/aromatic N) is 2. The van der Waals surface area contributed by atoms with E-state index < -0.39 is 5.97 Å². The molecule has 1 aromatic heterocycles. The first-order valence-corrected chi connectivity index (χ1v) is 7.81. The molecular weight excluding hydrogens is 367 g/mol. The monoisotopic (exact) mass is 382 g/mol. The number of hydrogen-bond donors (Lipinski definition) is 1. The third-order valence-electron chi connectivity index (χ3n) is 3.78. The quantitative estimate of drug-likeness (QED) is 0.818. The molecule has 0 atom stereocenters. The van der Waals surface area contributed by atoms with Crippen LogP contribution in [0.5, 0.6) is 0 Å². The van der Waals surface area contributed by atoms with E-state index in [1.807, 2.05) is 28.9 Å². The van der Waals surface area contributed by atoms with Crippen LogP contribution in [0.4, 0.5) is 0 Å². The molecule has 1 N–H and O–H groups in total. The molecule has 1 aliphatic carbocycles. The van der Waals surface area contributed by atoms with Gasteiger partial charge in [0.25, 0.3) is 0 Å². The first-order valence-electron chi connectivity index (χ1n) is 6.73. The standard InChI is InChI=1S/C15H15IN2O2/c16-11-7-5-10(6-8-11)14-13(15(19)20)9-18(17-14)12-3-1-2-4-12/h5-9,12H,1-4H2,(H,19,20). The molecule has 1 saturated carbocycles. The molecule has 5 heteroatoms. The van der Waals surface area contributed by atoms with Gasteiger partial charge in [0.05, 0.1) is 6.04 Å². The van der Waals surface area contributed by atoms with E-state index in [1.165, 1.54) is 12.8 Å². The van der Waals surface area contributed by atoms with Gasteiger partial charge >= 0.3 is 5.97 Å². The molecule has 2 aromatic rings. The minimum absolute atomic E-state index is 0.290. The van der Waals surface area contributed by atoms with Crippen LogP contribution in [-0.2, 0) is 0 Å². The number of benzene rings is 1. The van der Waals surface area contributed by atoms with Crippen LogP contribution in [0.1, 0.15) is 42.1 Å². The van der Waals surface area contributed by atoms with Crippen molar-refractivity contribution in [1.29, 1.82) is 0 Å². The topological polar surface area (TPSA) is 55.1 Å². The van der Waals surface area contributed by atoms with E-state index in [0.29, 0.717) is 11.7 Å². The highest BCUT2D eigenvalue weighted by Crippen LogP contribution is 2.31.